The summed E-state index contributed by atoms with van der Waals surface area (Å²) in [6.45, 7) is 4.64. The first kappa shape index (κ1) is 38.4. The van der Waals surface area contributed by atoms with Gasteiger partial charge in [-0.15, -0.1) is 0 Å². The molecule has 0 bridgehead atoms. The molecule has 1 aliphatic rings. The quantitative estimate of drug-likeness (QED) is 0.0975. The Hall–Kier alpha value is -5.32. The zero-order valence-corrected chi connectivity index (χ0v) is 30.8. The average molecular weight is 728 g/mol. The zero-order chi connectivity index (χ0) is 37.7. The maximum atomic E-state index is 12.9. The third kappa shape index (κ3) is 10.6. The number of nitrogens with one attached hydrogen (secondary N) is 2. The molecule has 1 saturated heterocycles. The highest BCUT2D eigenvalue weighted by Crippen LogP contribution is 2.42. The maximum absolute atomic E-state index is 12.9. The molecule has 5 atom stereocenters. The molecule has 2 amide bonds. The molecule has 9 heteroatoms. The highest BCUT2D eigenvalue weighted by molar-refractivity contribution is 5.83. The Morgan fingerprint density at radius 3 is 1.80 bits per heavy atom. The molecule has 280 valence electrons. The summed E-state index contributed by atoms with van der Waals surface area (Å²) in [6, 6.07) is 44.9. The number of aliphatic hydroxyl groups excluding tert-OH is 1. The van der Waals surface area contributed by atoms with Crippen LogP contribution in [0.2, 0.25) is 0 Å². The number of ether oxygens (including phenoxy) is 3. The first-order valence-corrected chi connectivity index (χ1v) is 18.4. The molecule has 5 aromatic carbocycles. The summed E-state index contributed by atoms with van der Waals surface area (Å²) in [4.78, 5) is 27.7. The van der Waals surface area contributed by atoms with Gasteiger partial charge in [-0.3, -0.25) is 4.90 Å². The lowest BCUT2D eigenvalue weighted by Crippen LogP contribution is -2.47. The normalized spacial score (nSPS) is 18.8. The van der Waals surface area contributed by atoms with Gasteiger partial charge in [0.15, 0.2) is 6.29 Å². The summed E-state index contributed by atoms with van der Waals surface area (Å²) in [5.74, 6) is -0.489. The number of hydrogen-bond donors (Lipinski definition) is 3. The SMILES string of the molecule is COC(=O)[C@H](Cc1ccccc1)NC(=O)NCc1ccc([C@H]2O[C@@H](CN(Cc3ccccc3)Cc3ccccc3)[C@@H](C)[C@@H](c3ccc(CO)cc3)O2)cc1. The Morgan fingerprint density at radius 1 is 0.704 bits per heavy atom. The largest absolute Gasteiger partial charge is 0.467 e. The molecule has 1 fully saturated rings. The van der Waals surface area contributed by atoms with Crippen molar-refractivity contribution in [2.45, 2.75) is 64.1 Å². The molecule has 5 aromatic rings. The van der Waals surface area contributed by atoms with E-state index in [4.69, 9.17) is 14.2 Å². The fourth-order valence-electron chi connectivity index (χ4n) is 6.82. The molecule has 54 heavy (non-hydrogen) atoms. The van der Waals surface area contributed by atoms with Crippen molar-refractivity contribution in [1.29, 1.82) is 0 Å². The number of esters is 1. The van der Waals surface area contributed by atoms with Crippen LogP contribution < -0.4 is 10.6 Å². The topological polar surface area (TPSA) is 109 Å². The fourth-order valence-corrected chi connectivity index (χ4v) is 6.82. The molecule has 0 unspecified atom stereocenters. The first-order valence-electron chi connectivity index (χ1n) is 18.4. The second-order valence-corrected chi connectivity index (χ2v) is 13.8. The van der Waals surface area contributed by atoms with Gasteiger partial charge in [-0.2, -0.15) is 0 Å². The van der Waals surface area contributed by atoms with Crippen molar-refractivity contribution < 1.29 is 28.9 Å². The molecular formula is C45H49N3O6. The molecule has 0 spiro atoms. The number of benzene rings is 5. The third-order valence-electron chi connectivity index (χ3n) is 9.84. The zero-order valence-electron chi connectivity index (χ0n) is 30.8. The van der Waals surface area contributed by atoms with E-state index in [-0.39, 0.29) is 31.3 Å². The number of rotatable bonds is 15. The van der Waals surface area contributed by atoms with Crippen LogP contribution in [0.4, 0.5) is 4.79 Å². The molecule has 1 aliphatic heterocycles. The van der Waals surface area contributed by atoms with Gasteiger partial charge in [0.2, 0.25) is 0 Å². The van der Waals surface area contributed by atoms with E-state index in [1.54, 1.807) is 0 Å². The van der Waals surface area contributed by atoms with E-state index in [1.807, 2.05) is 91.0 Å². The summed E-state index contributed by atoms with van der Waals surface area (Å²) >= 11 is 0. The molecule has 0 aromatic heterocycles. The van der Waals surface area contributed by atoms with Crippen LogP contribution in [0, 0.1) is 5.92 Å². The summed E-state index contributed by atoms with van der Waals surface area (Å²) in [5, 5.41) is 15.3. The maximum Gasteiger partial charge on any atom is 0.328 e. The van der Waals surface area contributed by atoms with Gasteiger partial charge >= 0.3 is 12.0 Å². The minimum atomic E-state index is -0.820. The summed E-state index contributed by atoms with van der Waals surface area (Å²) in [7, 11) is 1.31. The molecule has 0 radical (unpaired) electrons. The van der Waals surface area contributed by atoms with Crippen LogP contribution in [0.1, 0.15) is 58.3 Å². The Morgan fingerprint density at radius 2 is 1.24 bits per heavy atom. The van der Waals surface area contributed by atoms with Crippen molar-refractivity contribution in [2.75, 3.05) is 13.7 Å². The lowest BCUT2D eigenvalue weighted by molar-refractivity contribution is -0.276. The molecular weight excluding hydrogens is 679 g/mol. The number of urea groups is 1. The highest BCUT2D eigenvalue weighted by atomic mass is 16.7. The van der Waals surface area contributed by atoms with Gasteiger partial charge in [-0.25, -0.2) is 9.59 Å². The number of nitrogens with zero attached hydrogens (tertiary/aromatic N) is 1. The van der Waals surface area contributed by atoms with Crippen LogP contribution in [-0.4, -0.2) is 47.8 Å². The third-order valence-corrected chi connectivity index (χ3v) is 9.84. The van der Waals surface area contributed by atoms with Gasteiger partial charge in [-0.05, 0) is 33.4 Å². The van der Waals surface area contributed by atoms with E-state index in [1.165, 1.54) is 18.2 Å². The van der Waals surface area contributed by atoms with Crippen LogP contribution in [0.25, 0.3) is 0 Å². The predicted octanol–water partition coefficient (Wildman–Crippen LogP) is 7.26. The van der Waals surface area contributed by atoms with E-state index in [9.17, 15) is 14.7 Å². The highest BCUT2D eigenvalue weighted by Gasteiger charge is 2.39. The van der Waals surface area contributed by atoms with E-state index in [0.717, 1.165) is 40.9 Å². The van der Waals surface area contributed by atoms with Gasteiger partial charge in [-0.1, -0.05) is 146 Å². The number of aliphatic hydroxyl groups is 1. The Balaban J connectivity index is 1.16. The number of carbonyl (C=O) groups is 2. The fraction of sp³-hybridized carbons (Fsp3) is 0.289. The number of amides is 2. The van der Waals surface area contributed by atoms with E-state index >= 15 is 0 Å². The van der Waals surface area contributed by atoms with Crippen molar-refractivity contribution >= 4 is 12.0 Å². The van der Waals surface area contributed by atoms with Crippen LogP contribution in [0.5, 0.6) is 0 Å². The second-order valence-electron chi connectivity index (χ2n) is 13.8. The van der Waals surface area contributed by atoms with Crippen LogP contribution in [0.15, 0.2) is 140 Å². The molecule has 6 rings (SSSR count). The second kappa shape index (κ2) is 19.1. The molecule has 1 heterocycles. The Kier molecular flexibility index (Phi) is 13.6. The minimum absolute atomic E-state index is 0.0213. The lowest BCUT2D eigenvalue weighted by atomic mass is 9.89. The van der Waals surface area contributed by atoms with Crippen molar-refractivity contribution in [3.05, 3.63) is 178 Å². The molecule has 0 saturated carbocycles. The van der Waals surface area contributed by atoms with Gasteiger partial charge in [0.25, 0.3) is 0 Å². The molecule has 9 nitrogen and oxygen atoms in total. The number of methoxy groups -OCH3 is 1. The van der Waals surface area contributed by atoms with Gasteiger partial charge in [0, 0.05) is 44.1 Å². The summed E-state index contributed by atoms with van der Waals surface area (Å²) in [6.07, 6.45) is -0.726. The molecule has 3 N–H and O–H groups in total. The Bertz CT molecular complexity index is 1850. The van der Waals surface area contributed by atoms with Crippen LogP contribution in [0.3, 0.4) is 0 Å². The summed E-state index contributed by atoms with van der Waals surface area (Å²) < 4.78 is 18.5. The van der Waals surface area contributed by atoms with Crippen molar-refractivity contribution in [1.82, 2.24) is 15.5 Å². The minimum Gasteiger partial charge on any atom is -0.467 e. The average Bonchev–Trinajstić information content (AvgIpc) is 3.21. The monoisotopic (exact) mass is 727 g/mol. The van der Waals surface area contributed by atoms with Crippen molar-refractivity contribution in [2.24, 2.45) is 5.92 Å². The smallest absolute Gasteiger partial charge is 0.328 e. The van der Waals surface area contributed by atoms with Crippen molar-refractivity contribution in [3.8, 4) is 0 Å². The standard InChI is InChI=1S/C45H49N3O6/c1-32-41(30-48(28-35-14-8-4-9-15-35)29-36-16-10-5-11-17-36)53-44(54-42(32)38-22-20-37(31-49)21-23-38)39-24-18-34(19-25-39)27-46-45(51)47-40(43(50)52-2)26-33-12-6-3-7-13-33/h3-25,32,40-42,44,49H,26-31H2,1-2H3,(H2,46,47,51)/t32-,40+,41+,42+,44+/m1/s1. The van der Waals surface area contributed by atoms with Gasteiger partial charge in [0.1, 0.15) is 6.04 Å². The van der Waals surface area contributed by atoms with E-state index in [2.05, 4.69) is 71.0 Å². The summed E-state index contributed by atoms with van der Waals surface area (Å²) in [5.41, 5.74) is 6.99. The number of carbonyl (C=O) groups excluding carboxylic acids is 2. The number of hydrogen-bond acceptors (Lipinski definition) is 7. The van der Waals surface area contributed by atoms with Crippen LogP contribution >= 0.6 is 0 Å². The van der Waals surface area contributed by atoms with E-state index < -0.39 is 24.3 Å². The van der Waals surface area contributed by atoms with Gasteiger partial charge in [0.05, 0.1) is 25.9 Å². The lowest BCUT2D eigenvalue weighted by Gasteiger charge is -2.43. The van der Waals surface area contributed by atoms with Crippen molar-refractivity contribution in [3.63, 3.8) is 0 Å². The van der Waals surface area contributed by atoms with Gasteiger partial charge < -0.3 is 30.0 Å². The van der Waals surface area contributed by atoms with Crippen LogP contribution in [-0.2, 0) is 51.7 Å². The molecule has 0 aliphatic carbocycles. The first-order chi connectivity index (χ1) is 26.4. The Labute approximate surface area is 317 Å². The van der Waals surface area contributed by atoms with E-state index in [0.29, 0.717) is 13.0 Å². The predicted molar refractivity (Wildman–Crippen MR) is 208 cm³/mol.